The van der Waals surface area contributed by atoms with Crippen LogP contribution in [-0.4, -0.2) is 14.9 Å². The zero-order valence-electron chi connectivity index (χ0n) is 14.4. The predicted octanol–water partition coefficient (Wildman–Crippen LogP) is 5.47. The Morgan fingerprint density at radius 2 is 1.58 bits per heavy atom. The summed E-state index contributed by atoms with van der Waals surface area (Å²) in [6.45, 7) is 8.16. The molecule has 3 rings (SSSR count). The molecule has 0 saturated carbocycles. The monoisotopic (exact) mass is 338 g/mol. The highest BCUT2D eigenvalue weighted by atomic mass is 32.2. The normalized spacial score (nSPS) is 11.7. The molecule has 0 fully saturated rings. The van der Waals surface area contributed by atoms with Gasteiger partial charge in [0, 0.05) is 15.4 Å². The lowest BCUT2D eigenvalue weighted by molar-refractivity contribution is 0.345. The van der Waals surface area contributed by atoms with Crippen LogP contribution in [0.2, 0.25) is 0 Å². The van der Waals surface area contributed by atoms with Crippen LogP contribution < -0.4 is 0 Å². The molecule has 0 amide bonds. The van der Waals surface area contributed by atoms with Gasteiger partial charge in [0.05, 0.1) is 11.2 Å². The van der Waals surface area contributed by atoms with Crippen molar-refractivity contribution in [2.45, 2.75) is 43.0 Å². The lowest BCUT2D eigenvalue weighted by Crippen LogP contribution is -2.24. The second-order valence-corrected chi connectivity index (χ2v) is 7.89. The van der Waals surface area contributed by atoms with Crippen molar-refractivity contribution in [1.29, 1.82) is 0 Å². The van der Waals surface area contributed by atoms with Crippen molar-refractivity contribution >= 4 is 11.8 Å². The molecule has 0 radical (unpaired) electrons. The van der Waals surface area contributed by atoms with Crippen molar-refractivity contribution in [3.63, 3.8) is 0 Å². The van der Waals surface area contributed by atoms with Gasteiger partial charge in [-0.25, -0.2) is 0 Å². The first kappa shape index (κ1) is 16.7. The van der Waals surface area contributed by atoms with Gasteiger partial charge in [0.1, 0.15) is 5.69 Å². The standard InChI is InChI=1S/C20H22N2OS/c1-14-19(23)18(21-22(14)20(2,3)4)16-12-8-9-13-17(16)24-15-10-6-5-7-11-15/h5-13,23H,1-4H3. The number of benzene rings is 2. The average molecular weight is 338 g/mol. The van der Waals surface area contributed by atoms with Crippen molar-refractivity contribution in [1.82, 2.24) is 9.78 Å². The van der Waals surface area contributed by atoms with Gasteiger partial charge >= 0.3 is 0 Å². The molecular weight excluding hydrogens is 316 g/mol. The van der Waals surface area contributed by atoms with Crippen molar-refractivity contribution in [2.75, 3.05) is 0 Å². The fourth-order valence-corrected chi connectivity index (χ4v) is 3.66. The first-order valence-electron chi connectivity index (χ1n) is 7.99. The maximum absolute atomic E-state index is 10.6. The van der Waals surface area contributed by atoms with Gasteiger partial charge in [0.15, 0.2) is 5.75 Å². The maximum Gasteiger partial charge on any atom is 0.164 e. The predicted molar refractivity (Wildman–Crippen MR) is 99.6 cm³/mol. The quantitative estimate of drug-likeness (QED) is 0.688. The second kappa shape index (κ2) is 6.36. The fraction of sp³-hybridized carbons (Fsp3) is 0.250. The van der Waals surface area contributed by atoms with E-state index in [0.29, 0.717) is 5.69 Å². The molecule has 1 heterocycles. The van der Waals surface area contributed by atoms with Crippen molar-refractivity contribution in [3.05, 3.63) is 60.3 Å². The molecule has 1 aromatic heterocycles. The Labute approximate surface area is 147 Å². The third kappa shape index (κ3) is 3.20. The molecule has 0 unspecified atom stereocenters. The molecule has 0 saturated heterocycles. The minimum Gasteiger partial charge on any atom is -0.504 e. The average Bonchev–Trinajstić information content (AvgIpc) is 2.85. The summed E-state index contributed by atoms with van der Waals surface area (Å²) < 4.78 is 1.89. The first-order valence-corrected chi connectivity index (χ1v) is 8.81. The molecule has 0 aliphatic rings. The van der Waals surface area contributed by atoms with E-state index in [-0.39, 0.29) is 11.3 Å². The zero-order valence-corrected chi connectivity index (χ0v) is 15.3. The SMILES string of the molecule is Cc1c(O)c(-c2ccccc2Sc2ccccc2)nn1C(C)(C)C. The fourth-order valence-electron chi connectivity index (χ4n) is 2.70. The van der Waals surface area contributed by atoms with E-state index in [1.54, 1.807) is 11.8 Å². The third-order valence-corrected chi connectivity index (χ3v) is 4.92. The Kier molecular flexibility index (Phi) is 4.41. The molecule has 3 aromatic rings. The van der Waals surface area contributed by atoms with E-state index in [9.17, 15) is 5.11 Å². The Balaban J connectivity index is 2.08. The molecule has 1 N–H and O–H groups in total. The minimum absolute atomic E-state index is 0.179. The van der Waals surface area contributed by atoms with Gasteiger partial charge in [-0.05, 0) is 45.9 Å². The van der Waals surface area contributed by atoms with Gasteiger partial charge in [-0.2, -0.15) is 5.10 Å². The van der Waals surface area contributed by atoms with Crippen LogP contribution in [0.4, 0.5) is 0 Å². The highest BCUT2D eigenvalue weighted by molar-refractivity contribution is 7.99. The summed E-state index contributed by atoms with van der Waals surface area (Å²) in [5.41, 5.74) is 2.20. The van der Waals surface area contributed by atoms with Gasteiger partial charge in [-0.1, -0.05) is 48.2 Å². The van der Waals surface area contributed by atoms with Gasteiger partial charge in [0.25, 0.3) is 0 Å². The van der Waals surface area contributed by atoms with Crippen LogP contribution in [-0.2, 0) is 5.54 Å². The number of aromatic hydroxyl groups is 1. The van der Waals surface area contributed by atoms with Crippen LogP contribution in [0, 0.1) is 6.92 Å². The molecular formula is C20H22N2OS. The van der Waals surface area contributed by atoms with Gasteiger partial charge in [-0.3, -0.25) is 4.68 Å². The second-order valence-electron chi connectivity index (χ2n) is 6.78. The molecule has 3 nitrogen and oxygen atoms in total. The molecule has 2 aromatic carbocycles. The van der Waals surface area contributed by atoms with Crippen molar-refractivity contribution in [3.8, 4) is 17.0 Å². The molecule has 0 aliphatic heterocycles. The maximum atomic E-state index is 10.6. The van der Waals surface area contributed by atoms with E-state index in [0.717, 1.165) is 21.0 Å². The number of nitrogens with zero attached hydrogens (tertiary/aromatic N) is 2. The van der Waals surface area contributed by atoms with Crippen LogP contribution in [0.15, 0.2) is 64.4 Å². The zero-order chi connectivity index (χ0) is 17.3. The Hall–Kier alpha value is -2.20. The summed E-state index contributed by atoms with van der Waals surface area (Å²) in [5, 5.41) is 15.3. The van der Waals surface area contributed by atoms with Gasteiger partial charge < -0.3 is 5.11 Å². The Bertz CT molecular complexity index is 848. The summed E-state index contributed by atoms with van der Waals surface area (Å²) in [6, 6.07) is 18.3. The number of aromatic nitrogens is 2. The van der Waals surface area contributed by atoms with Crippen LogP contribution in [0.5, 0.6) is 5.75 Å². The minimum atomic E-state index is -0.179. The molecule has 0 atom stereocenters. The lowest BCUT2D eigenvalue weighted by Gasteiger charge is -2.20. The molecule has 124 valence electrons. The largest absolute Gasteiger partial charge is 0.504 e. The highest BCUT2D eigenvalue weighted by Crippen LogP contribution is 2.40. The molecule has 0 spiro atoms. The van der Waals surface area contributed by atoms with Crippen molar-refractivity contribution < 1.29 is 5.11 Å². The van der Waals surface area contributed by atoms with E-state index >= 15 is 0 Å². The summed E-state index contributed by atoms with van der Waals surface area (Å²) >= 11 is 1.68. The van der Waals surface area contributed by atoms with Crippen molar-refractivity contribution in [2.24, 2.45) is 0 Å². The summed E-state index contributed by atoms with van der Waals surface area (Å²) in [6.07, 6.45) is 0. The highest BCUT2D eigenvalue weighted by Gasteiger charge is 2.24. The van der Waals surface area contributed by atoms with Crippen LogP contribution in [0.25, 0.3) is 11.3 Å². The van der Waals surface area contributed by atoms with E-state index in [4.69, 9.17) is 5.10 Å². The molecule has 4 heteroatoms. The Morgan fingerprint density at radius 3 is 2.21 bits per heavy atom. The topological polar surface area (TPSA) is 38.1 Å². The molecule has 0 bridgehead atoms. The number of rotatable bonds is 3. The van der Waals surface area contributed by atoms with Crippen LogP contribution in [0.3, 0.4) is 0 Å². The summed E-state index contributed by atoms with van der Waals surface area (Å²) in [4.78, 5) is 2.24. The Morgan fingerprint density at radius 1 is 0.958 bits per heavy atom. The first-order chi connectivity index (χ1) is 11.4. The summed E-state index contributed by atoms with van der Waals surface area (Å²) in [7, 11) is 0. The smallest absolute Gasteiger partial charge is 0.164 e. The van der Waals surface area contributed by atoms with Gasteiger partial charge in [-0.15, -0.1) is 0 Å². The lowest BCUT2D eigenvalue weighted by atomic mass is 10.1. The third-order valence-electron chi connectivity index (χ3n) is 3.83. The van der Waals surface area contributed by atoms with Crippen LogP contribution >= 0.6 is 11.8 Å². The molecule has 0 aliphatic carbocycles. The molecule has 24 heavy (non-hydrogen) atoms. The van der Waals surface area contributed by atoms with Gasteiger partial charge in [0.2, 0.25) is 0 Å². The van der Waals surface area contributed by atoms with Crippen LogP contribution in [0.1, 0.15) is 26.5 Å². The number of hydrogen-bond donors (Lipinski definition) is 1. The van der Waals surface area contributed by atoms with E-state index < -0.39 is 0 Å². The van der Waals surface area contributed by atoms with E-state index in [1.165, 1.54) is 0 Å². The van der Waals surface area contributed by atoms with E-state index in [2.05, 4.69) is 39.0 Å². The van der Waals surface area contributed by atoms with E-state index in [1.807, 2.05) is 48.0 Å². The number of hydrogen-bond acceptors (Lipinski definition) is 3. The summed E-state index contributed by atoms with van der Waals surface area (Å²) in [5.74, 6) is 0.256.